The van der Waals surface area contributed by atoms with E-state index in [9.17, 15) is 4.79 Å². The van der Waals surface area contributed by atoms with E-state index >= 15 is 0 Å². The Morgan fingerprint density at radius 2 is 2.08 bits per heavy atom. The maximum Gasteiger partial charge on any atom is 0.164 e. The Kier molecular flexibility index (Phi) is 4.55. The van der Waals surface area contributed by atoms with Crippen molar-refractivity contribution in [2.24, 2.45) is 40.2 Å². The zero-order valence-corrected chi connectivity index (χ0v) is 16.4. The van der Waals surface area contributed by atoms with Gasteiger partial charge in [-0.05, 0) is 67.6 Å². The van der Waals surface area contributed by atoms with E-state index in [2.05, 4.69) is 25.9 Å². The lowest BCUT2D eigenvalue weighted by Gasteiger charge is -2.59. The van der Waals surface area contributed by atoms with Crippen LogP contribution in [0.4, 0.5) is 0 Å². The molecular weight excluding hydrogens is 324 g/mol. The second-order valence-electron chi connectivity index (χ2n) is 9.64. The van der Waals surface area contributed by atoms with Crippen molar-refractivity contribution < 1.29 is 9.63 Å². The van der Waals surface area contributed by atoms with Gasteiger partial charge in [0.15, 0.2) is 5.78 Å². The summed E-state index contributed by atoms with van der Waals surface area (Å²) in [6.45, 7) is 10.1. The third kappa shape index (κ3) is 2.60. The second kappa shape index (κ2) is 6.49. The van der Waals surface area contributed by atoms with Gasteiger partial charge in [-0.15, -0.1) is 0 Å². The van der Waals surface area contributed by atoms with E-state index in [1.807, 2.05) is 0 Å². The van der Waals surface area contributed by atoms with Crippen LogP contribution in [0.5, 0.6) is 0 Å². The van der Waals surface area contributed by atoms with Crippen molar-refractivity contribution in [1.29, 1.82) is 0 Å². The molecule has 144 valence electrons. The fraction of sp³-hybridized carbons (Fsp3) is 0.773. The minimum absolute atomic E-state index is 0.232. The Morgan fingerprint density at radius 3 is 2.85 bits per heavy atom. The zero-order valence-electron chi connectivity index (χ0n) is 16.4. The minimum Gasteiger partial charge on any atom is -0.328 e. The molecule has 3 N–H and O–H groups in total. The lowest BCUT2D eigenvalue weighted by atomic mass is 9.45. The van der Waals surface area contributed by atoms with Gasteiger partial charge < -0.3 is 5.73 Å². The van der Waals surface area contributed by atoms with Crippen molar-refractivity contribution in [3.05, 3.63) is 23.9 Å². The number of nitrogens with two attached hydrogens (primary N) is 1. The average molecular weight is 359 g/mol. The summed E-state index contributed by atoms with van der Waals surface area (Å²) >= 11 is 0. The molecule has 4 heteroatoms. The third-order valence-corrected chi connectivity index (χ3v) is 8.39. The molecule has 4 aliphatic rings. The molecule has 0 aromatic rings. The number of rotatable bonds is 4. The lowest BCUT2D eigenvalue weighted by molar-refractivity contribution is -0.141. The van der Waals surface area contributed by atoms with E-state index in [4.69, 9.17) is 10.6 Å². The van der Waals surface area contributed by atoms with Crippen molar-refractivity contribution in [2.45, 2.75) is 58.8 Å². The van der Waals surface area contributed by atoms with E-state index in [1.165, 1.54) is 37.7 Å². The topological polar surface area (TPSA) is 64.3 Å². The van der Waals surface area contributed by atoms with Crippen LogP contribution in [0.25, 0.3) is 0 Å². The predicted octanol–water partition coefficient (Wildman–Crippen LogP) is 3.74. The molecular formula is C22H34N2O2. The van der Waals surface area contributed by atoms with Crippen LogP contribution in [0.1, 0.15) is 58.8 Å². The summed E-state index contributed by atoms with van der Waals surface area (Å²) in [6, 6.07) is 0. The van der Waals surface area contributed by atoms with Gasteiger partial charge in [0, 0.05) is 23.7 Å². The fourth-order valence-electron chi connectivity index (χ4n) is 7.01. The molecule has 0 spiro atoms. The first-order chi connectivity index (χ1) is 12.4. The van der Waals surface area contributed by atoms with E-state index in [-0.39, 0.29) is 17.1 Å². The van der Waals surface area contributed by atoms with Crippen LogP contribution in [-0.4, -0.2) is 18.9 Å². The van der Waals surface area contributed by atoms with E-state index in [0.29, 0.717) is 30.4 Å². The summed E-state index contributed by atoms with van der Waals surface area (Å²) in [4.78, 5) is 18.7. The highest BCUT2D eigenvalue weighted by Gasteiger charge is 2.60. The molecule has 4 nitrogen and oxygen atoms in total. The van der Waals surface area contributed by atoms with Gasteiger partial charge in [-0.25, -0.2) is 0 Å². The number of carbonyl (C=O) groups is 1. The predicted molar refractivity (Wildman–Crippen MR) is 103 cm³/mol. The molecule has 6 atom stereocenters. The maximum absolute atomic E-state index is 13.3. The van der Waals surface area contributed by atoms with Gasteiger partial charge in [-0.3, -0.25) is 15.1 Å². The normalized spacial score (nSPS) is 44.8. The molecule has 26 heavy (non-hydrogen) atoms. The number of carbonyl (C=O) groups excluding carboxylic acids is 1. The van der Waals surface area contributed by atoms with Crippen LogP contribution >= 0.6 is 0 Å². The molecule has 0 aromatic heterocycles. The van der Waals surface area contributed by atoms with Gasteiger partial charge in [0.05, 0.1) is 6.61 Å². The SMILES string of the molecule is C=C1CC2C3CCC[C@@]3(C)CCC2[C@@]2(C)C(=O)C=C(NOCCN)CC12. The molecule has 4 rings (SSSR count). The molecule has 4 aliphatic carbocycles. The van der Waals surface area contributed by atoms with Crippen LogP contribution in [0.3, 0.4) is 0 Å². The van der Waals surface area contributed by atoms with Crippen LogP contribution in [0.2, 0.25) is 0 Å². The summed E-state index contributed by atoms with van der Waals surface area (Å²) in [6.07, 6.45) is 10.3. The smallest absolute Gasteiger partial charge is 0.164 e. The molecule has 0 heterocycles. The lowest BCUT2D eigenvalue weighted by Crippen LogP contribution is -2.56. The first-order valence-electron chi connectivity index (χ1n) is 10.4. The zero-order chi connectivity index (χ0) is 18.5. The Hall–Kier alpha value is -1.13. The van der Waals surface area contributed by atoms with Crippen LogP contribution in [0.15, 0.2) is 23.9 Å². The number of fused-ring (bicyclic) bond motifs is 5. The van der Waals surface area contributed by atoms with Crippen molar-refractivity contribution >= 4 is 5.78 Å². The van der Waals surface area contributed by atoms with E-state index in [1.54, 1.807) is 6.08 Å². The van der Waals surface area contributed by atoms with E-state index < -0.39 is 0 Å². The van der Waals surface area contributed by atoms with Gasteiger partial charge in [0.1, 0.15) is 0 Å². The summed E-state index contributed by atoms with van der Waals surface area (Å²) in [5, 5.41) is 0. The van der Waals surface area contributed by atoms with Gasteiger partial charge in [0.2, 0.25) is 0 Å². The van der Waals surface area contributed by atoms with Crippen molar-refractivity contribution in [3.63, 3.8) is 0 Å². The van der Waals surface area contributed by atoms with E-state index in [0.717, 1.165) is 24.5 Å². The third-order valence-electron chi connectivity index (χ3n) is 8.39. The minimum atomic E-state index is -0.289. The molecule has 0 radical (unpaired) electrons. The highest BCUT2D eigenvalue weighted by molar-refractivity contribution is 5.97. The Bertz CT molecular complexity index is 642. The quantitative estimate of drug-likeness (QED) is 0.456. The van der Waals surface area contributed by atoms with Crippen LogP contribution in [0, 0.1) is 34.5 Å². The first-order valence-corrected chi connectivity index (χ1v) is 10.4. The number of ketones is 1. The van der Waals surface area contributed by atoms with Gasteiger partial charge in [0.25, 0.3) is 0 Å². The number of hydroxylamine groups is 1. The van der Waals surface area contributed by atoms with Crippen molar-refractivity contribution in [2.75, 3.05) is 13.2 Å². The molecule has 0 aromatic carbocycles. The molecule has 4 unspecified atom stereocenters. The van der Waals surface area contributed by atoms with Crippen LogP contribution in [-0.2, 0) is 9.63 Å². The Balaban J connectivity index is 1.62. The van der Waals surface area contributed by atoms with Crippen molar-refractivity contribution in [1.82, 2.24) is 5.48 Å². The summed E-state index contributed by atoms with van der Waals surface area (Å²) in [5.41, 5.74) is 10.8. The summed E-state index contributed by atoms with van der Waals surface area (Å²) in [7, 11) is 0. The molecule has 0 bridgehead atoms. The Morgan fingerprint density at radius 1 is 1.27 bits per heavy atom. The molecule has 0 amide bonds. The maximum atomic E-state index is 13.3. The number of nitrogens with one attached hydrogen (secondary N) is 1. The van der Waals surface area contributed by atoms with Crippen LogP contribution < -0.4 is 11.2 Å². The molecule has 0 saturated heterocycles. The highest BCUT2D eigenvalue weighted by Crippen LogP contribution is 2.66. The number of hydrogen-bond acceptors (Lipinski definition) is 4. The van der Waals surface area contributed by atoms with Gasteiger partial charge in [-0.2, -0.15) is 0 Å². The standard InChI is InChI=1S/C22H34N2O2/c1-14-11-16-17-5-4-7-21(17,2)8-6-18(16)22(3)19(14)12-15(13-20(22)25)24-26-10-9-23/h13,16-19,24H,1,4-12,23H2,2-3H3/t16?,17?,18?,19?,21-,22+/m0/s1. The monoisotopic (exact) mass is 358 g/mol. The number of allylic oxidation sites excluding steroid dienone is 3. The largest absolute Gasteiger partial charge is 0.328 e. The average Bonchev–Trinajstić information content (AvgIpc) is 2.99. The summed E-state index contributed by atoms with van der Waals surface area (Å²) in [5.74, 6) is 2.43. The molecule has 3 fully saturated rings. The first kappa shape index (κ1) is 18.2. The van der Waals surface area contributed by atoms with Gasteiger partial charge in [-0.1, -0.05) is 32.4 Å². The van der Waals surface area contributed by atoms with Gasteiger partial charge >= 0.3 is 0 Å². The highest BCUT2D eigenvalue weighted by atomic mass is 16.6. The molecule has 3 saturated carbocycles. The number of hydrogen-bond donors (Lipinski definition) is 2. The summed E-state index contributed by atoms with van der Waals surface area (Å²) < 4.78 is 0. The second-order valence-corrected chi connectivity index (χ2v) is 9.64. The molecule has 0 aliphatic heterocycles. The fourth-order valence-corrected chi connectivity index (χ4v) is 7.01. The Labute approximate surface area is 157 Å². The van der Waals surface area contributed by atoms with Crippen molar-refractivity contribution in [3.8, 4) is 0 Å².